The summed E-state index contributed by atoms with van der Waals surface area (Å²) in [6, 6.07) is 9.92. The van der Waals surface area contributed by atoms with Crippen molar-refractivity contribution >= 4 is 12.2 Å². The van der Waals surface area contributed by atoms with Crippen LogP contribution in [0.1, 0.15) is 31.4 Å². The van der Waals surface area contributed by atoms with Crippen molar-refractivity contribution in [3.05, 3.63) is 69.9 Å². The zero-order chi connectivity index (χ0) is 16.3. The van der Waals surface area contributed by atoms with E-state index in [0.29, 0.717) is 11.1 Å². The maximum atomic E-state index is 14.5. The van der Waals surface area contributed by atoms with Gasteiger partial charge in [0.1, 0.15) is 5.82 Å². The van der Waals surface area contributed by atoms with Crippen molar-refractivity contribution in [3.8, 4) is 11.1 Å². The van der Waals surface area contributed by atoms with Crippen LogP contribution in [0.15, 0.2) is 42.5 Å². The SMILES string of the molecule is C=C(C)/C=c1/ccc(-c2c(C)ccc(C)c2F)c/c1=C/CC. The summed E-state index contributed by atoms with van der Waals surface area (Å²) >= 11 is 0. The van der Waals surface area contributed by atoms with Gasteiger partial charge in [0.15, 0.2) is 0 Å². The number of benzene rings is 2. The Kier molecular flexibility index (Phi) is 4.97. The molecule has 0 nitrogen and oxygen atoms in total. The first-order valence-corrected chi connectivity index (χ1v) is 7.67. The Labute approximate surface area is 132 Å². The first-order chi connectivity index (χ1) is 10.4. The van der Waals surface area contributed by atoms with Gasteiger partial charge in [-0.3, -0.25) is 0 Å². The van der Waals surface area contributed by atoms with Gasteiger partial charge < -0.3 is 0 Å². The van der Waals surface area contributed by atoms with Crippen LogP contribution in [0.5, 0.6) is 0 Å². The number of hydrogen-bond acceptors (Lipinski definition) is 0. The van der Waals surface area contributed by atoms with E-state index in [1.807, 2.05) is 38.1 Å². The van der Waals surface area contributed by atoms with Gasteiger partial charge in [0.25, 0.3) is 0 Å². The summed E-state index contributed by atoms with van der Waals surface area (Å²) < 4.78 is 14.5. The van der Waals surface area contributed by atoms with E-state index >= 15 is 0 Å². The normalized spacial score (nSPS) is 12.8. The Bertz CT molecular complexity index is 826. The van der Waals surface area contributed by atoms with E-state index in [4.69, 9.17) is 0 Å². The van der Waals surface area contributed by atoms with Crippen molar-refractivity contribution in [1.29, 1.82) is 0 Å². The van der Waals surface area contributed by atoms with Crippen molar-refractivity contribution in [2.45, 2.75) is 34.1 Å². The summed E-state index contributed by atoms with van der Waals surface area (Å²) in [7, 11) is 0. The molecule has 0 amide bonds. The predicted octanol–water partition coefficient (Wildman–Crippen LogP) is 4.66. The van der Waals surface area contributed by atoms with Crippen molar-refractivity contribution in [1.82, 2.24) is 0 Å². The van der Waals surface area contributed by atoms with Gasteiger partial charge in [-0.1, -0.05) is 55.5 Å². The minimum Gasteiger partial charge on any atom is -0.206 e. The molecule has 0 aliphatic heterocycles. The first-order valence-electron chi connectivity index (χ1n) is 7.67. The van der Waals surface area contributed by atoms with E-state index < -0.39 is 0 Å². The average molecular weight is 294 g/mol. The number of allylic oxidation sites excluding steroid dienone is 1. The summed E-state index contributed by atoms with van der Waals surface area (Å²) in [5.41, 5.74) is 4.28. The molecule has 0 radical (unpaired) electrons. The Balaban J connectivity index is 2.76. The van der Waals surface area contributed by atoms with Gasteiger partial charge >= 0.3 is 0 Å². The molecular weight excluding hydrogens is 271 g/mol. The molecule has 0 bridgehead atoms. The molecule has 0 N–H and O–H groups in total. The summed E-state index contributed by atoms with van der Waals surface area (Å²) in [6.45, 7) is 11.8. The van der Waals surface area contributed by atoms with Crippen molar-refractivity contribution in [2.75, 3.05) is 0 Å². The molecule has 0 atom stereocenters. The lowest BCUT2D eigenvalue weighted by Crippen LogP contribution is -2.24. The second-order valence-electron chi connectivity index (χ2n) is 5.84. The zero-order valence-corrected chi connectivity index (χ0v) is 13.8. The Morgan fingerprint density at radius 2 is 1.77 bits per heavy atom. The fourth-order valence-corrected chi connectivity index (χ4v) is 2.66. The molecular formula is C21H23F. The molecule has 2 rings (SSSR count). The van der Waals surface area contributed by atoms with Gasteiger partial charge in [-0.05, 0) is 60.4 Å². The predicted molar refractivity (Wildman–Crippen MR) is 94.6 cm³/mol. The van der Waals surface area contributed by atoms with Crippen LogP contribution in [0.4, 0.5) is 4.39 Å². The van der Waals surface area contributed by atoms with Gasteiger partial charge in [-0.15, -0.1) is 0 Å². The van der Waals surface area contributed by atoms with Gasteiger partial charge in [0, 0.05) is 5.56 Å². The summed E-state index contributed by atoms with van der Waals surface area (Å²) in [5.74, 6) is -0.126. The Morgan fingerprint density at radius 1 is 1.09 bits per heavy atom. The third kappa shape index (κ3) is 3.36. The molecule has 2 aromatic rings. The van der Waals surface area contributed by atoms with Gasteiger partial charge in [-0.2, -0.15) is 0 Å². The third-order valence-corrected chi connectivity index (χ3v) is 3.74. The zero-order valence-electron chi connectivity index (χ0n) is 13.8. The Morgan fingerprint density at radius 3 is 2.41 bits per heavy atom. The third-order valence-electron chi connectivity index (χ3n) is 3.74. The molecule has 0 unspecified atom stereocenters. The topological polar surface area (TPSA) is 0 Å². The van der Waals surface area contributed by atoms with Crippen molar-refractivity contribution < 1.29 is 4.39 Å². The quantitative estimate of drug-likeness (QED) is 0.772. The van der Waals surface area contributed by atoms with Crippen LogP contribution in [-0.2, 0) is 0 Å². The molecule has 0 spiro atoms. The minimum atomic E-state index is -0.126. The van der Waals surface area contributed by atoms with E-state index in [1.165, 1.54) is 0 Å². The van der Waals surface area contributed by atoms with Crippen LogP contribution in [0.2, 0.25) is 0 Å². The maximum Gasteiger partial charge on any atom is 0.134 e. The summed E-state index contributed by atoms with van der Waals surface area (Å²) in [5, 5.41) is 2.26. The number of hydrogen-bond donors (Lipinski definition) is 0. The van der Waals surface area contributed by atoms with Crippen LogP contribution >= 0.6 is 0 Å². The molecule has 0 aliphatic carbocycles. The van der Waals surface area contributed by atoms with Crippen LogP contribution in [-0.4, -0.2) is 0 Å². The first kappa shape index (κ1) is 16.2. The maximum absolute atomic E-state index is 14.5. The number of aryl methyl sites for hydroxylation is 2. The van der Waals surface area contributed by atoms with Crippen molar-refractivity contribution in [3.63, 3.8) is 0 Å². The lowest BCUT2D eigenvalue weighted by molar-refractivity contribution is 0.621. The van der Waals surface area contributed by atoms with Gasteiger partial charge in [-0.25, -0.2) is 4.39 Å². The molecule has 0 aliphatic rings. The van der Waals surface area contributed by atoms with E-state index in [9.17, 15) is 4.39 Å². The number of halogens is 1. The van der Waals surface area contributed by atoms with E-state index in [1.54, 1.807) is 6.92 Å². The van der Waals surface area contributed by atoms with Gasteiger partial charge in [0.2, 0.25) is 0 Å². The van der Waals surface area contributed by atoms with Crippen LogP contribution in [0.3, 0.4) is 0 Å². The molecule has 22 heavy (non-hydrogen) atoms. The van der Waals surface area contributed by atoms with Crippen LogP contribution in [0.25, 0.3) is 23.3 Å². The molecule has 114 valence electrons. The molecule has 0 saturated carbocycles. The minimum absolute atomic E-state index is 0.126. The molecule has 0 fully saturated rings. The highest BCUT2D eigenvalue weighted by Crippen LogP contribution is 2.27. The molecule has 2 aromatic carbocycles. The largest absolute Gasteiger partial charge is 0.206 e. The van der Waals surface area contributed by atoms with E-state index in [-0.39, 0.29) is 5.82 Å². The lowest BCUT2D eigenvalue weighted by Gasteiger charge is -2.10. The molecule has 0 saturated heterocycles. The molecule has 0 heterocycles. The Hall–Kier alpha value is -2.15. The number of rotatable bonds is 3. The monoisotopic (exact) mass is 294 g/mol. The van der Waals surface area contributed by atoms with Crippen molar-refractivity contribution in [2.24, 2.45) is 0 Å². The second kappa shape index (κ2) is 6.74. The van der Waals surface area contributed by atoms with Gasteiger partial charge in [0.05, 0.1) is 0 Å². The highest BCUT2D eigenvalue weighted by atomic mass is 19.1. The fourth-order valence-electron chi connectivity index (χ4n) is 2.66. The highest BCUT2D eigenvalue weighted by Gasteiger charge is 2.10. The summed E-state index contributed by atoms with van der Waals surface area (Å²) in [6.07, 6.45) is 5.17. The highest BCUT2D eigenvalue weighted by molar-refractivity contribution is 5.69. The fraction of sp³-hybridized carbons (Fsp3) is 0.238. The van der Waals surface area contributed by atoms with E-state index in [0.717, 1.165) is 33.6 Å². The average Bonchev–Trinajstić information content (AvgIpc) is 2.46. The smallest absolute Gasteiger partial charge is 0.134 e. The van der Waals surface area contributed by atoms with E-state index in [2.05, 4.69) is 31.7 Å². The van der Waals surface area contributed by atoms with Crippen LogP contribution in [0, 0.1) is 19.7 Å². The van der Waals surface area contributed by atoms with Crippen LogP contribution < -0.4 is 10.4 Å². The molecule has 0 aromatic heterocycles. The lowest BCUT2D eigenvalue weighted by atomic mass is 9.96. The summed E-state index contributed by atoms with van der Waals surface area (Å²) in [4.78, 5) is 0. The molecule has 1 heteroatoms. The second-order valence-corrected chi connectivity index (χ2v) is 5.84. The standard InChI is InChI=1S/C21H23F/c1-6-7-17-13-19(11-10-18(17)12-14(2)3)20-15(4)8-9-16(5)21(20)22/h7-13H,2,6H2,1,3-5H3/b17-7-,18-12-.